The number of hydrogen-bond acceptors (Lipinski definition) is 1. The molecule has 0 heterocycles. The van der Waals surface area contributed by atoms with E-state index in [2.05, 4.69) is 89.5 Å². The maximum absolute atomic E-state index is 3.64. The highest BCUT2D eigenvalue weighted by molar-refractivity contribution is 9.11. The molecule has 0 aromatic heterocycles. The molecule has 0 saturated carbocycles. The monoisotopic (exact) mass is 445 g/mol. The van der Waals surface area contributed by atoms with Gasteiger partial charge in [0.1, 0.15) is 0 Å². The molecule has 0 amide bonds. The first-order valence-electron chi connectivity index (χ1n) is 5.97. The summed E-state index contributed by atoms with van der Waals surface area (Å²) in [5, 5.41) is 3.39. The van der Waals surface area contributed by atoms with Crippen LogP contribution in [0.5, 0.6) is 0 Å². The van der Waals surface area contributed by atoms with E-state index in [0.717, 1.165) is 19.8 Å². The van der Waals surface area contributed by atoms with E-state index in [9.17, 15) is 0 Å². The van der Waals surface area contributed by atoms with Crippen molar-refractivity contribution in [1.82, 2.24) is 5.32 Å². The molecular weight excluding hydrogens is 434 g/mol. The first-order chi connectivity index (χ1) is 9.10. The lowest BCUT2D eigenvalue weighted by atomic mass is 9.99. The lowest BCUT2D eigenvalue weighted by Crippen LogP contribution is -2.19. The van der Waals surface area contributed by atoms with Crippen molar-refractivity contribution in [2.45, 2.75) is 12.5 Å². The predicted molar refractivity (Wildman–Crippen MR) is 91.5 cm³/mol. The Hall–Kier alpha value is -0.160. The Morgan fingerprint density at radius 3 is 2.37 bits per heavy atom. The number of rotatable bonds is 4. The highest BCUT2D eigenvalue weighted by Crippen LogP contribution is 2.29. The van der Waals surface area contributed by atoms with Gasteiger partial charge >= 0.3 is 0 Å². The maximum Gasteiger partial charge on any atom is 0.0369 e. The van der Waals surface area contributed by atoms with Crippen LogP contribution in [-0.2, 0) is 6.42 Å². The van der Waals surface area contributed by atoms with Crippen LogP contribution in [-0.4, -0.2) is 7.05 Å². The number of likely N-dealkylation sites (N-methyl/N-ethyl adjacent to an activating group) is 1. The molecule has 100 valence electrons. The van der Waals surface area contributed by atoms with Gasteiger partial charge in [0.05, 0.1) is 0 Å². The van der Waals surface area contributed by atoms with Crippen molar-refractivity contribution < 1.29 is 0 Å². The Labute approximate surface area is 139 Å². The molecule has 0 aliphatic carbocycles. The molecule has 1 nitrogen and oxygen atoms in total. The van der Waals surface area contributed by atoms with Crippen LogP contribution in [0.1, 0.15) is 17.2 Å². The molecule has 1 atom stereocenters. The molecule has 1 N–H and O–H groups in total. The van der Waals surface area contributed by atoms with Gasteiger partial charge in [-0.05, 0) is 48.9 Å². The zero-order valence-corrected chi connectivity index (χ0v) is 15.2. The molecule has 0 fully saturated rings. The second-order valence-electron chi connectivity index (χ2n) is 4.34. The lowest BCUT2D eigenvalue weighted by molar-refractivity contribution is 0.589. The van der Waals surface area contributed by atoms with E-state index in [-0.39, 0.29) is 6.04 Å². The average molecular weight is 448 g/mol. The van der Waals surface area contributed by atoms with Crippen molar-refractivity contribution >= 4 is 47.8 Å². The fourth-order valence-electron chi connectivity index (χ4n) is 2.05. The third-order valence-corrected chi connectivity index (χ3v) is 4.69. The van der Waals surface area contributed by atoms with Gasteiger partial charge in [-0.15, -0.1) is 0 Å². The summed E-state index contributed by atoms with van der Waals surface area (Å²) < 4.78 is 3.33. The quantitative estimate of drug-likeness (QED) is 0.654. The second kappa shape index (κ2) is 7.02. The molecule has 0 bridgehead atoms. The summed E-state index contributed by atoms with van der Waals surface area (Å²) in [6, 6.07) is 15.0. The normalized spacial score (nSPS) is 12.4. The van der Waals surface area contributed by atoms with E-state index in [1.165, 1.54) is 11.1 Å². The van der Waals surface area contributed by atoms with Crippen LogP contribution in [0.15, 0.2) is 55.9 Å². The average Bonchev–Trinajstić information content (AvgIpc) is 2.37. The summed E-state index contributed by atoms with van der Waals surface area (Å²) in [6.07, 6.45) is 0.955. The summed E-state index contributed by atoms with van der Waals surface area (Å²) in [6.45, 7) is 0. The summed E-state index contributed by atoms with van der Waals surface area (Å²) in [4.78, 5) is 0. The third kappa shape index (κ3) is 4.15. The van der Waals surface area contributed by atoms with Gasteiger partial charge < -0.3 is 5.32 Å². The highest BCUT2D eigenvalue weighted by atomic mass is 79.9. The summed E-state index contributed by atoms with van der Waals surface area (Å²) in [7, 11) is 2.00. The van der Waals surface area contributed by atoms with Crippen LogP contribution in [0.2, 0.25) is 0 Å². The minimum absolute atomic E-state index is 0.289. The predicted octanol–water partition coefficient (Wildman–Crippen LogP) is 5.48. The molecule has 1 unspecified atom stereocenters. The molecule has 0 aliphatic heterocycles. The van der Waals surface area contributed by atoms with Gasteiger partial charge in [-0.2, -0.15) is 0 Å². The molecule has 2 rings (SSSR count). The second-order valence-corrected chi connectivity index (χ2v) is 7.03. The topological polar surface area (TPSA) is 12.0 Å². The van der Waals surface area contributed by atoms with Gasteiger partial charge in [0.2, 0.25) is 0 Å². The first-order valence-corrected chi connectivity index (χ1v) is 8.34. The smallest absolute Gasteiger partial charge is 0.0369 e. The van der Waals surface area contributed by atoms with Gasteiger partial charge in [-0.25, -0.2) is 0 Å². The van der Waals surface area contributed by atoms with Crippen molar-refractivity contribution in [3.63, 3.8) is 0 Å². The zero-order valence-electron chi connectivity index (χ0n) is 10.5. The van der Waals surface area contributed by atoms with E-state index in [1.54, 1.807) is 0 Å². The van der Waals surface area contributed by atoms with Gasteiger partial charge in [0.25, 0.3) is 0 Å². The Morgan fingerprint density at radius 2 is 1.74 bits per heavy atom. The van der Waals surface area contributed by atoms with Crippen LogP contribution in [0.3, 0.4) is 0 Å². The highest BCUT2D eigenvalue weighted by Gasteiger charge is 2.13. The van der Waals surface area contributed by atoms with Crippen LogP contribution in [0.4, 0.5) is 0 Å². The van der Waals surface area contributed by atoms with Crippen LogP contribution < -0.4 is 5.32 Å². The van der Waals surface area contributed by atoms with Crippen molar-refractivity contribution in [2.24, 2.45) is 0 Å². The van der Waals surface area contributed by atoms with Gasteiger partial charge in [-0.3, -0.25) is 0 Å². The van der Waals surface area contributed by atoms with Gasteiger partial charge in [0, 0.05) is 19.5 Å². The first kappa shape index (κ1) is 15.2. The molecule has 0 radical (unpaired) electrons. The number of hydrogen-bond donors (Lipinski definition) is 1. The third-order valence-electron chi connectivity index (χ3n) is 3.02. The number of halogens is 3. The Kier molecular flexibility index (Phi) is 5.63. The standard InChI is InChI=1S/C15H14Br3N/c1-19-15(8-10-3-2-4-11(16)7-10)13-6-5-12(17)9-14(13)18/h2-7,9,15,19H,8H2,1H3. The summed E-state index contributed by atoms with van der Waals surface area (Å²) >= 11 is 10.6. The zero-order chi connectivity index (χ0) is 13.8. The molecular formula is C15H14Br3N. The van der Waals surface area contributed by atoms with Crippen molar-refractivity contribution in [2.75, 3.05) is 7.05 Å². The summed E-state index contributed by atoms with van der Waals surface area (Å²) in [5.41, 5.74) is 2.58. The van der Waals surface area contributed by atoms with Gasteiger partial charge in [0.15, 0.2) is 0 Å². The van der Waals surface area contributed by atoms with Crippen molar-refractivity contribution in [3.05, 3.63) is 67.0 Å². The maximum atomic E-state index is 3.64. The fraction of sp³-hybridized carbons (Fsp3) is 0.200. The Balaban J connectivity index is 2.25. The number of benzene rings is 2. The molecule has 2 aromatic rings. The molecule has 0 aliphatic rings. The molecule has 4 heteroatoms. The summed E-state index contributed by atoms with van der Waals surface area (Å²) in [5.74, 6) is 0. The molecule has 19 heavy (non-hydrogen) atoms. The van der Waals surface area contributed by atoms with E-state index in [1.807, 2.05) is 13.1 Å². The fourth-order valence-corrected chi connectivity index (χ4v) is 3.82. The van der Waals surface area contributed by atoms with Crippen LogP contribution >= 0.6 is 47.8 Å². The van der Waals surface area contributed by atoms with Gasteiger partial charge in [-0.1, -0.05) is 66.0 Å². The number of nitrogens with one attached hydrogen (secondary N) is 1. The van der Waals surface area contributed by atoms with E-state index < -0.39 is 0 Å². The molecule has 0 spiro atoms. The van der Waals surface area contributed by atoms with Crippen molar-refractivity contribution in [3.8, 4) is 0 Å². The minimum atomic E-state index is 0.289. The Morgan fingerprint density at radius 1 is 1.00 bits per heavy atom. The van der Waals surface area contributed by atoms with Crippen LogP contribution in [0.25, 0.3) is 0 Å². The lowest BCUT2D eigenvalue weighted by Gasteiger charge is -2.18. The molecule has 0 saturated heterocycles. The van der Waals surface area contributed by atoms with E-state index in [0.29, 0.717) is 0 Å². The van der Waals surface area contributed by atoms with E-state index >= 15 is 0 Å². The largest absolute Gasteiger partial charge is 0.313 e. The van der Waals surface area contributed by atoms with E-state index in [4.69, 9.17) is 0 Å². The Bertz CT molecular complexity index is 569. The van der Waals surface area contributed by atoms with Crippen molar-refractivity contribution in [1.29, 1.82) is 0 Å². The molecule has 2 aromatic carbocycles. The SMILES string of the molecule is CNC(Cc1cccc(Br)c1)c1ccc(Br)cc1Br. The van der Waals surface area contributed by atoms with Crippen LogP contribution in [0, 0.1) is 0 Å². The minimum Gasteiger partial charge on any atom is -0.313 e.